The third-order valence-electron chi connectivity index (χ3n) is 2.63. The molecule has 0 unspecified atom stereocenters. The molecule has 0 saturated carbocycles. The van der Waals surface area contributed by atoms with Crippen molar-refractivity contribution in [2.45, 2.75) is 13.3 Å². The molecule has 3 rings (SSSR count). The van der Waals surface area contributed by atoms with Crippen molar-refractivity contribution >= 4 is 16.9 Å². The Hall–Kier alpha value is -2.37. The Bertz CT molecular complexity index is 656. The summed E-state index contributed by atoms with van der Waals surface area (Å²) in [6.45, 7) is 1.99. The molecule has 3 heterocycles. The molecule has 6 nitrogen and oxygen atoms in total. The number of nitrogens with one attached hydrogen (secondary N) is 1. The predicted octanol–water partition coefficient (Wildman–Crippen LogP) is 1.76. The number of aromatic nitrogens is 4. The maximum absolute atomic E-state index is 5.95. The number of H-pyrrole nitrogens is 1. The minimum atomic E-state index is 0.458. The van der Waals surface area contributed by atoms with Gasteiger partial charge in [0.25, 0.3) is 0 Å². The van der Waals surface area contributed by atoms with E-state index in [0.717, 1.165) is 28.8 Å². The first kappa shape index (κ1) is 9.83. The molecule has 0 saturated heterocycles. The van der Waals surface area contributed by atoms with Gasteiger partial charge in [0.15, 0.2) is 5.76 Å². The van der Waals surface area contributed by atoms with E-state index in [1.807, 2.05) is 6.92 Å². The summed E-state index contributed by atoms with van der Waals surface area (Å²) in [5, 5.41) is 4.45. The van der Waals surface area contributed by atoms with Gasteiger partial charge in [0, 0.05) is 18.7 Å². The van der Waals surface area contributed by atoms with E-state index in [-0.39, 0.29) is 0 Å². The van der Waals surface area contributed by atoms with Gasteiger partial charge in [0.1, 0.15) is 17.3 Å². The number of aryl methyl sites for hydroxylation is 1. The van der Waals surface area contributed by atoms with Crippen LogP contribution in [-0.2, 0) is 6.42 Å². The smallest absolute Gasteiger partial charge is 0.169 e. The summed E-state index contributed by atoms with van der Waals surface area (Å²) in [6, 6.07) is 1.77. The fourth-order valence-electron chi connectivity index (χ4n) is 1.82. The molecule has 0 spiro atoms. The molecule has 17 heavy (non-hydrogen) atoms. The monoisotopic (exact) mass is 229 g/mol. The highest BCUT2D eigenvalue weighted by Gasteiger charge is 2.14. The fraction of sp³-hybridized carbons (Fsp3) is 0.182. The summed E-state index contributed by atoms with van der Waals surface area (Å²) >= 11 is 0. The van der Waals surface area contributed by atoms with Crippen LogP contribution in [0.1, 0.15) is 12.7 Å². The number of fused-ring (bicyclic) bond motifs is 1. The SMILES string of the molecule is CCc1nc(N)c2c(-c3ccno3)c[nH]c2n1. The summed E-state index contributed by atoms with van der Waals surface area (Å²) in [5.41, 5.74) is 7.50. The number of nitrogen functional groups attached to an aromatic ring is 1. The van der Waals surface area contributed by atoms with Crippen molar-refractivity contribution in [1.82, 2.24) is 20.1 Å². The molecular formula is C11H11N5O. The van der Waals surface area contributed by atoms with Crippen LogP contribution < -0.4 is 5.73 Å². The van der Waals surface area contributed by atoms with Gasteiger partial charge in [-0.15, -0.1) is 0 Å². The van der Waals surface area contributed by atoms with E-state index in [4.69, 9.17) is 10.3 Å². The molecule has 3 aromatic heterocycles. The largest absolute Gasteiger partial charge is 0.383 e. The van der Waals surface area contributed by atoms with Crippen molar-refractivity contribution in [1.29, 1.82) is 0 Å². The summed E-state index contributed by atoms with van der Waals surface area (Å²) in [5.74, 6) is 1.83. The Morgan fingerprint density at radius 3 is 3.00 bits per heavy atom. The van der Waals surface area contributed by atoms with Gasteiger partial charge in [-0.05, 0) is 0 Å². The highest BCUT2D eigenvalue weighted by molar-refractivity contribution is 5.99. The zero-order chi connectivity index (χ0) is 11.8. The standard InChI is InChI=1S/C11H11N5O/c1-2-8-15-10(12)9-6(5-13-11(9)16-8)7-3-4-14-17-7/h3-5H,2H2,1H3,(H3,12,13,15,16). The summed E-state index contributed by atoms with van der Waals surface area (Å²) in [7, 11) is 0. The minimum absolute atomic E-state index is 0.458. The quantitative estimate of drug-likeness (QED) is 0.698. The lowest BCUT2D eigenvalue weighted by Gasteiger charge is -2.00. The van der Waals surface area contributed by atoms with Gasteiger partial charge in [-0.1, -0.05) is 12.1 Å². The average Bonchev–Trinajstić information content (AvgIpc) is 2.96. The molecule has 0 aliphatic carbocycles. The first-order valence-electron chi connectivity index (χ1n) is 5.34. The van der Waals surface area contributed by atoms with Crippen LogP contribution in [0.15, 0.2) is 23.0 Å². The zero-order valence-electron chi connectivity index (χ0n) is 9.27. The van der Waals surface area contributed by atoms with Crippen LogP contribution in [0.4, 0.5) is 5.82 Å². The molecule has 0 atom stereocenters. The molecule has 0 bridgehead atoms. The van der Waals surface area contributed by atoms with Gasteiger partial charge >= 0.3 is 0 Å². The normalized spacial score (nSPS) is 11.1. The van der Waals surface area contributed by atoms with Crippen molar-refractivity contribution < 1.29 is 4.52 Å². The first-order chi connectivity index (χ1) is 8.29. The highest BCUT2D eigenvalue weighted by Crippen LogP contribution is 2.30. The molecule has 0 aromatic carbocycles. The van der Waals surface area contributed by atoms with E-state index in [0.29, 0.717) is 11.6 Å². The van der Waals surface area contributed by atoms with Crippen LogP contribution in [0.25, 0.3) is 22.4 Å². The second-order valence-electron chi connectivity index (χ2n) is 3.68. The van der Waals surface area contributed by atoms with E-state index in [9.17, 15) is 0 Å². The number of hydrogen-bond donors (Lipinski definition) is 2. The van der Waals surface area contributed by atoms with E-state index in [1.165, 1.54) is 0 Å². The van der Waals surface area contributed by atoms with Crippen LogP contribution in [0, 0.1) is 0 Å². The second-order valence-corrected chi connectivity index (χ2v) is 3.68. The maximum Gasteiger partial charge on any atom is 0.169 e. The van der Waals surface area contributed by atoms with Gasteiger partial charge in [0.05, 0.1) is 17.1 Å². The number of anilines is 1. The molecule has 0 aliphatic heterocycles. The van der Waals surface area contributed by atoms with Gasteiger partial charge in [-0.2, -0.15) is 0 Å². The minimum Gasteiger partial charge on any atom is -0.383 e. The van der Waals surface area contributed by atoms with Crippen molar-refractivity contribution in [3.05, 3.63) is 24.3 Å². The van der Waals surface area contributed by atoms with Crippen molar-refractivity contribution in [2.75, 3.05) is 5.73 Å². The first-order valence-corrected chi connectivity index (χ1v) is 5.34. The third kappa shape index (κ3) is 1.45. The van der Waals surface area contributed by atoms with Crippen LogP contribution in [0.2, 0.25) is 0 Å². The molecule has 6 heteroatoms. The topological polar surface area (TPSA) is 93.6 Å². The molecule has 3 aromatic rings. The number of nitrogens with zero attached hydrogens (tertiary/aromatic N) is 3. The molecule has 3 N–H and O–H groups in total. The summed E-state index contributed by atoms with van der Waals surface area (Å²) < 4.78 is 5.12. The number of rotatable bonds is 2. The van der Waals surface area contributed by atoms with E-state index in [2.05, 4.69) is 20.1 Å². The predicted molar refractivity (Wildman–Crippen MR) is 63.2 cm³/mol. The number of hydrogen-bond acceptors (Lipinski definition) is 5. The highest BCUT2D eigenvalue weighted by atomic mass is 16.5. The van der Waals surface area contributed by atoms with Gasteiger partial charge in [-0.3, -0.25) is 0 Å². The number of nitrogens with two attached hydrogens (primary N) is 1. The van der Waals surface area contributed by atoms with Crippen LogP contribution in [-0.4, -0.2) is 20.1 Å². The van der Waals surface area contributed by atoms with Crippen LogP contribution >= 0.6 is 0 Å². The van der Waals surface area contributed by atoms with E-state index >= 15 is 0 Å². The Kier molecular flexibility index (Phi) is 2.07. The average molecular weight is 229 g/mol. The summed E-state index contributed by atoms with van der Waals surface area (Å²) in [6.07, 6.45) is 4.14. The van der Waals surface area contributed by atoms with Gasteiger partial charge < -0.3 is 15.2 Å². The Morgan fingerprint density at radius 2 is 2.29 bits per heavy atom. The number of aromatic amines is 1. The Morgan fingerprint density at radius 1 is 1.41 bits per heavy atom. The maximum atomic E-state index is 5.95. The molecule has 86 valence electrons. The molecule has 0 aliphatic rings. The lowest BCUT2D eigenvalue weighted by Crippen LogP contribution is -1.99. The third-order valence-corrected chi connectivity index (χ3v) is 2.63. The molecule has 0 amide bonds. The van der Waals surface area contributed by atoms with Gasteiger partial charge in [0.2, 0.25) is 0 Å². The van der Waals surface area contributed by atoms with Gasteiger partial charge in [-0.25, -0.2) is 9.97 Å². The molecular weight excluding hydrogens is 218 g/mol. The van der Waals surface area contributed by atoms with Crippen LogP contribution in [0.3, 0.4) is 0 Å². The van der Waals surface area contributed by atoms with Crippen molar-refractivity contribution in [2.24, 2.45) is 0 Å². The molecule has 0 fully saturated rings. The van der Waals surface area contributed by atoms with E-state index in [1.54, 1.807) is 18.5 Å². The van der Waals surface area contributed by atoms with Crippen molar-refractivity contribution in [3.8, 4) is 11.3 Å². The molecule has 0 radical (unpaired) electrons. The second kappa shape index (κ2) is 3.58. The summed E-state index contributed by atoms with van der Waals surface area (Å²) in [4.78, 5) is 11.7. The Balaban J connectivity index is 2.29. The zero-order valence-corrected chi connectivity index (χ0v) is 9.27. The Labute approximate surface area is 96.9 Å². The fourth-order valence-corrected chi connectivity index (χ4v) is 1.82. The lowest BCUT2D eigenvalue weighted by molar-refractivity contribution is 0.432. The van der Waals surface area contributed by atoms with E-state index < -0.39 is 0 Å². The lowest BCUT2D eigenvalue weighted by atomic mass is 10.2. The van der Waals surface area contributed by atoms with Crippen molar-refractivity contribution in [3.63, 3.8) is 0 Å². The van der Waals surface area contributed by atoms with Crippen LogP contribution in [0.5, 0.6) is 0 Å².